The Balaban J connectivity index is 2.12. The summed E-state index contributed by atoms with van der Waals surface area (Å²) >= 11 is 3.41. The van der Waals surface area contributed by atoms with Crippen LogP contribution in [0.25, 0.3) is 0 Å². The minimum absolute atomic E-state index is 0.0253. The molecule has 0 atom stereocenters. The zero-order chi connectivity index (χ0) is 12.3. The fraction of sp³-hybridized carbons (Fsp3) is 0.462. The lowest BCUT2D eigenvalue weighted by Crippen LogP contribution is -2.32. The molecule has 3 nitrogen and oxygen atoms in total. The van der Waals surface area contributed by atoms with E-state index in [0.29, 0.717) is 17.4 Å². The summed E-state index contributed by atoms with van der Waals surface area (Å²) in [6.45, 7) is 0. The first-order valence-corrected chi connectivity index (χ1v) is 6.65. The summed E-state index contributed by atoms with van der Waals surface area (Å²) in [7, 11) is 1.60. The molecule has 1 amide bonds. The number of amides is 1. The molecule has 2 rings (SSSR count). The summed E-state index contributed by atoms with van der Waals surface area (Å²) in [6, 6.07) is 5.79. The van der Waals surface area contributed by atoms with E-state index >= 15 is 0 Å². The SMILES string of the molecule is COc1cccc(C(=O)NC2CCCC2)c1Br. The highest BCUT2D eigenvalue weighted by molar-refractivity contribution is 9.10. The van der Waals surface area contributed by atoms with Crippen molar-refractivity contribution in [2.24, 2.45) is 0 Å². The maximum Gasteiger partial charge on any atom is 0.252 e. The van der Waals surface area contributed by atoms with Crippen LogP contribution in [0.15, 0.2) is 22.7 Å². The van der Waals surface area contributed by atoms with Gasteiger partial charge in [-0.1, -0.05) is 18.9 Å². The van der Waals surface area contributed by atoms with Crippen LogP contribution in [-0.4, -0.2) is 19.1 Å². The first kappa shape index (κ1) is 12.4. The van der Waals surface area contributed by atoms with E-state index < -0.39 is 0 Å². The average molecular weight is 298 g/mol. The zero-order valence-electron chi connectivity index (χ0n) is 9.83. The number of halogens is 1. The van der Waals surface area contributed by atoms with Gasteiger partial charge in [0.05, 0.1) is 17.1 Å². The first-order chi connectivity index (χ1) is 8.22. The van der Waals surface area contributed by atoms with Gasteiger partial charge in [0.25, 0.3) is 5.91 Å². The second-order valence-electron chi connectivity index (χ2n) is 4.28. The molecule has 0 spiro atoms. The van der Waals surface area contributed by atoms with Crippen molar-refractivity contribution in [1.82, 2.24) is 5.32 Å². The Morgan fingerprint density at radius 3 is 2.76 bits per heavy atom. The van der Waals surface area contributed by atoms with E-state index in [9.17, 15) is 4.79 Å². The smallest absolute Gasteiger partial charge is 0.252 e. The number of carbonyl (C=O) groups is 1. The third-order valence-corrected chi connectivity index (χ3v) is 3.94. The van der Waals surface area contributed by atoms with Crippen LogP contribution >= 0.6 is 15.9 Å². The molecule has 4 heteroatoms. The van der Waals surface area contributed by atoms with Crippen LogP contribution < -0.4 is 10.1 Å². The summed E-state index contributed by atoms with van der Waals surface area (Å²) < 4.78 is 5.90. The molecule has 0 unspecified atom stereocenters. The van der Waals surface area contributed by atoms with Gasteiger partial charge in [-0.15, -0.1) is 0 Å². The molecule has 0 aromatic heterocycles. The Hall–Kier alpha value is -1.03. The van der Waals surface area contributed by atoms with Crippen molar-refractivity contribution < 1.29 is 9.53 Å². The first-order valence-electron chi connectivity index (χ1n) is 5.85. The molecular formula is C13H16BrNO2. The molecule has 1 aromatic rings. The molecule has 1 N–H and O–H groups in total. The second kappa shape index (κ2) is 5.54. The van der Waals surface area contributed by atoms with Gasteiger partial charge >= 0.3 is 0 Å². The predicted molar refractivity (Wildman–Crippen MR) is 70.4 cm³/mol. The van der Waals surface area contributed by atoms with Crippen molar-refractivity contribution in [1.29, 1.82) is 0 Å². The molecule has 1 aliphatic carbocycles. The fourth-order valence-corrected chi connectivity index (χ4v) is 2.78. The van der Waals surface area contributed by atoms with Crippen molar-refractivity contribution in [3.8, 4) is 5.75 Å². The van der Waals surface area contributed by atoms with Gasteiger partial charge in [-0.05, 0) is 40.9 Å². The Labute approximate surface area is 110 Å². The van der Waals surface area contributed by atoms with E-state index in [1.165, 1.54) is 12.8 Å². The zero-order valence-corrected chi connectivity index (χ0v) is 11.4. The van der Waals surface area contributed by atoms with E-state index in [1.807, 2.05) is 12.1 Å². The summed E-state index contributed by atoms with van der Waals surface area (Å²) in [5.74, 6) is 0.659. The fourth-order valence-electron chi connectivity index (χ4n) is 2.18. The molecule has 1 saturated carbocycles. The van der Waals surface area contributed by atoms with Crippen LogP contribution in [0.5, 0.6) is 5.75 Å². The Kier molecular flexibility index (Phi) is 4.05. The van der Waals surface area contributed by atoms with Crippen molar-refractivity contribution in [2.75, 3.05) is 7.11 Å². The standard InChI is InChI=1S/C13H16BrNO2/c1-17-11-8-4-7-10(12(11)14)13(16)15-9-5-2-3-6-9/h4,7-9H,2-3,5-6H2,1H3,(H,15,16). The van der Waals surface area contributed by atoms with Gasteiger partial charge < -0.3 is 10.1 Å². The molecule has 0 saturated heterocycles. The third-order valence-electron chi connectivity index (χ3n) is 3.12. The maximum atomic E-state index is 12.1. The van der Waals surface area contributed by atoms with Crippen molar-refractivity contribution in [3.63, 3.8) is 0 Å². The minimum atomic E-state index is -0.0253. The van der Waals surface area contributed by atoms with Crippen LogP contribution in [-0.2, 0) is 0 Å². The lowest BCUT2D eigenvalue weighted by molar-refractivity contribution is 0.0936. The van der Waals surface area contributed by atoms with Gasteiger partial charge in [-0.2, -0.15) is 0 Å². The van der Waals surface area contributed by atoms with Crippen LogP contribution in [0.1, 0.15) is 36.0 Å². The number of nitrogens with one attached hydrogen (secondary N) is 1. The number of hydrogen-bond donors (Lipinski definition) is 1. The van der Waals surface area contributed by atoms with Gasteiger partial charge in [0.1, 0.15) is 5.75 Å². The van der Waals surface area contributed by atoms with Crippen LogP contribution in [0.2, 0.25) is 0 Å². The predicted octanol–water partition coefficient (Wildman–Crippen LogP) is 3.13. The number of hydrogen-bond acceptors (Lipinski definition) is 2. The van der Waals surface area contributed by atoms with Crippen molar-refractivity contribution in [3.05, 3.63) is 28.2 Å². The highest BCUT2D eigenvalue weighted by Crippen LogP contribution is 2.28. The van der Waals surface area contributed by atoms with Crippen molar-refractivity contribution >= 4 is 21.8 Å². The van der Waals surface area contributed by atoms with Gasteiger partial charge in [0, 0.05) is 6.04 Å². The van der Waals surface area contributed by atoms with Gasteiger partial charge in [0.2, 0.25) is 0 Å². The van der Waals surface area contributed by atoms with Crippen LogP contribution in [0.4, 0.5) is 0 Å². The molecule has 17 heavy (non-hydrogen) atoms. The minimum Gasteiger partial charge on any atom is -0.496 e. The lowest BCUT2D eigenvalue weighted by Gasteiger charge is -2.13. The molecule has 1 aliphatic rings. The van der Waals surface area contributed by atoms with Gasteiger partial charge in [0.15, 0.2) is 0 Å². The number of ether oxygens (including phenoxy) is 1. The highest BCUT2D eigenvalue weighted by atomic mass is 79.9. The largest absolute Gasteiger partial charge is 0.496 e. The normalized spacial score (nSPS) is 15.9. The van der Waals surface area contributed by atoms with Crippen LogP contribution in [0, 0.1) is 0 Å². The summed E-state index contributed by atoms with van der Waals surface area (Å²) in [5.41, 5.74) is 0.635. The molecule has 0 bridgehead atoms. The average Bonchev–Trinajstić information content (AvgIpc) is 2.82. The van der Waals surface area contributed by atoms with E-state index in [0.717, 1.165) is 17.3 Å². The Morgan fingerprint density at radius 2 is 2.12 bits per heavy atom. The van der Waals surface area contributed by atoms with E-state index in [2.05, 4.69) is 21.2 Å². The van der Waals surface area contributed by atoms with Gasteiger partial charge in [-0.25, -0.2) is 0 Å². The Morgan fingerprint density at radius 1 is 1.41 bits per heavy atom. The Bertz CT molecular complexity index is 414. The molecule has 0 aliphatic heterocycles. The second-order valence-corrected chi connectivity index (χ2v) is 5.07. The summed E-state index contributed by atoms with van der Waals surface area (Å²) in [5, 5.41) is 3.06. The quantitative estimate of drug-likeness (QED) is 0.931. The summed E-state index contributed by atoms with van der Waals surface area (Å²) in [6.07, 6.45) is 4.61. The lowest BCUT2D eigenvalue weighted by atomic mass is 10.1. The number of carbonyl (C=O) groups excluding carboxylic acids is 1. The third kappa shape index (κ3) is 2.80. The molecule has 92 valence electrons. The molecule has 1 aromatic carbocycles. The molecule has 1 fully saturated rings. The maximum absolute atomic E-state index is 12.1. The van der Waals surface area contributed by atoms with E-state index in [1.54, 1.807) is 13.2 Å². The topological polar surface area (TPSA) is 38.3 Å². The number of benzene rings is 1. The monoisotopic (exact) mass is 297 g/mol. The van der Waals surface area contributed by atoms with Crippen LogP contribution in [0.3, 0.4) is 0 Å². The van der Waals surface area contributed by atoms with Crippen molar-refractivity contribution in [2.45, 2.75) is 31.7 Å². The summed E-state index contributed by atoms with van der Waals surface area (Å²) in [4.78, 5) is 12.1. The van der Waals surface area contributed by atoms with Gasteiger partial charge in [-0.3, -0.25) is 4.79 Å². The molecule has 0 radical (unpaired) electrons. The molecular weight excluding hydrogens is 282 g/mol. The molecule has 0 heterocycles. The number of rotatable bonds is 3. The van der Waals surface area contributed by atoms with E-state index in [-0.39, 0.29) is 5.91 Å². The number of methoxy groups -OCH3 is 1. The highest BCUT2D eigenvalue weighted by Gasteiger charge is 2.20. The van der Waals surface area contributed by atoms with E-state index in [4.69, 9.17) is 4.74 Å².